The molecule has 1 aromatic heterocycles. The molecule has 0 aliphatic rings. The number of ether oxygens (including phenoxy) is 2. The van der Waals surface area contributed by atoms with Crippen LogP contribution in [0.15, 0.2) is 65.3 Å². The van der Waals surface area contributed by atoms with E-state index < -0.39 is 0 Å². The maximum absolute atomic E-state index is 12.9. The Kier molecular flexibility index (Phi) is 6.46. The van der Waals surface area contributed by atoms with E-state index in [1.165, 1.54) is 5.56 Å². The van der Waals surface area contributed by atoms with Gasteiger partial charge in [-0.15, -0.1) is 0 Å². The molecular formula is C29H29NO4. The van der Waals surface area contributed by atoms with Gasteiger partial charge in [0, 0.05) is 28.2 Å². The smallest absolute Gasteiger partial charge is 0.248 e. The summed E-state index contributed by atoms with van der Waals surface area (Å²) in [6.07, 6.45) is 3.36. The quantitative estimate of drug-likeness (QED) is 0.316. The molecule has 0 fully saturated rings. The van der Waals surface area contributed by atoms with Gasteiger partial charge in [-0.25, -0.2) is 0 Å². The molecule has 4 aromatic rings. The van der Waals surface area contributed by atoms with Crippen LogP contribution in [0, 0.1) is 20.8 Å². The summed E-state index contributed by atoms with van der Waals surface area (Å²) in [6, 6.07) is 16.0. The number of nitrogens with one attached hydrogen (secondary N) is 1. The molecule has 0 atom stereocenters. The fourth-order valence-electron chi connectivity index (χ4n) is 4.19. The maximum Gasteiger partial charge on any atom is 0.248 e. The minimum absolute atomic E-state index is 0.243. The van der Waals surface area contributed by atoms with E-state index >= 15 is 0 Å². The van der Waals surface area contributed by atoms with Crippen molar-refractivity contribution in [3.8, 4) is 22.6 Å². The number of anilines is 1. The third-order valence-electron chi connectivity index (χ3n) is 6.00. The maximum atomic E-state index is 12.9. The number of fused-ring (bicyclic) bond motifs is 1. The molecule has 5 nitrogen and oxygen atoms in total. The summed E-state index contributed by atoms with van der Waals surface area (Å²) < 4.78 is 17.1. The first kappa shape index (κ1) is 23.2. The highest BCUT2D eigenvalue weighted by molar-refractivity contribution is 6.06. The number of benzene rings is 3. The van der Waals surface area contributed by atoms with Crippen LogP contribution in [0.25, 0.3) is 27.7 Å². The predicted molar refractivity (Wildman–Crippen MR) is 138 cm³/mol. The van der Waals surface area contributed by atoms with E-state index in [1.807, 2.05) is 45.0 Å². The summed E-state index contributed by atoms with van der Waals surface area (Å²) >= 11 is 0. The molecule has 0 bridgehead atoms. The molecule has 1 amide bonds. The van der Waals surface area contributed by atoms with Gasteiger partial charge < -0.3 is 19.2 Å². The Morgan fingerprint density at radius 2 is 1.65 bits per heavy atom. The van der Waals surface area contributed by atoms with Gasteiger partial charge in [-0.2, -0.15) is 0 Å². The highest BCUT2D eigenvalue weighted by Crippen LogP contribution is 2.40. The molecule has 0 saturated carbocycles. The Morgan fingerprint density at radius 1 is 0.941 bits per heavy atom. The molecule has 0 aliphatic carbocycles. The Morgan fingerprint density at radius 3 is 2.32 bits per heavy atom. The molecule has 0 aliphatic heterocycles. The fourth-order valence-corrected chi connectivity index (χ4v) is 4.19. The minimum Gasteiger partial charge on any atom is -0.496 e. The monoisotopic (exact) mass is 455 g/mol. The number of allylic oxidation sites excluding steroid dienone is 1. The molecule has 0 radical (unpaired) electrons. The second-order valence-corrected chi connectivity index (χ2v) is 8.49. The molecule has 0 saturated heterocycles. The topological polar surface area (TPSA) is 60.7 Å². The standard InChI is InChI=1S/C29H29NO4/c1-17-7-10-21(11-8-17)24-16-34-29-20(4)28(33-6)22(15-23(24)29)19(3)14-27(31)30-25-13-18(2)9-12-26(25)32-5/h7-16H,1-6H3,(H,30,31)/b19-14+. The van der Waals surface area contributed by atoms with Crippen LogP contribution in [0.5, 0.6) is 11.5 Å². The number of carbonyl (C=O) groups is 1. The molecule has 174 valence electrons. The Balaban J connectivity index is 1.76. The van der Waals surface area contributed by atoms with E-state index in [9.17, 15) is 4.79 Å². The second kappa shape index (κ2) is 9.48. The van der Waals surface area contributed by atoms with E-state index in [0.29, 0.717) is 17.2 Å². The molecule has 0 unspecified atom stereocenters. The average Bonchev–Trinajstić information content (AvgIpc) is 3.24. The van der Waals surface area contributed by atoms with E-state index in [0.717, 1.165) is 44.4 Å². The molecule has 5 heteroatoms. The van der Waals surface area contributed by atoms with Crippen molar-refractivity contribution in [2.75, 3.05) is 19.5 Å². The minimum atomic E-state index is -0.243. The van der Waals surface area contributed by atoms with Crippen molar-refractivity contribution in [1.29, 1.82) is 0 Å². The Labute approximate surface area is 200 Å². The zero-order valence-electron chi connectivity index (χ0n) is 20.4. The van der Waals surface area contributed by atoms with Gasteiger partial charge in [0.05, 0.1) is 26.2 Å². The van der Waals surface area contributed by atoms with Crippen molar-refractivity contribution in [2.45, 2.75) is 27.7 Å². The number of aryl methyl sites for hydroxylation is 3. The van der Waals surface area contributed by atoms with Crippen molar-refractivity contribution >= 4 is 28.1 Å². The van der Waals surface area contributed by atoms with Crippen molar-refractivity contribution in [3.05, 3.63) is 83.1 Å². The Hall–Kier alpha value is -3.99. The number of hydrogen-bond acceptors (Lipinski definition) is 4. The van der Waals surface area contributed by atoms with Crippen LogP contribution in [-0.4, -0.2) is 20.1 Å². The molecule has 1 heterocycles. The summed E-state index contributed by atoms with van der Waals surface area (Å²) in [5.41, 5.74) is 8.23. The van der Waals surface area contributed by atoms with Crippen LogP contribution in [0.1, 0.15) is 29.2 Å². The molecule has 1 N–H and O–H groups in total. The van der Waals surface area contributed by atoms with Crippen molar-refractivity contribution < 1.29 is 18.7 Å². The highest BCUT2D eigenvalue weighted by Gasteiger charge is 2.19. The lowest BCUT2D eigenvalue weighted by molar-refractivity contribution is -0.111. The number of carbonyl (C=O) groups excluding carboxylic acids is 1. The number of methoxy groups -OCH3 is 2. The van der Waals surface area contributed by atoms with Crippen molar-refractivity contribution in [2.24, 2.45) is 0 Å². The summed E-state index contributed by atoms with van der Waals surface area (Å²) in [7, 11) is 3.22. The Bertz CT molecular complexity index is 1390. The van der Waals surface area contributed by atoms with E-state index in [1.54, 1.807) is 26.6 Å². The molecule has 4 rings (SSSR count). The van der Waals surface area contributed by atoms with Crippen LogP contribution in [0.4, 0.5) is 5.69 Å². The number of hydrogen-bond donors (Lipinski definition) is 1. The molecule has 0 spiro atoms. The predicted octanol–water partition coefficient (Wildman–Crippen LogP) is 7.08. The van der Waals surface area contributed by atoms with Gasteiger partial charge in [0.2, 0.25) is 5.91 Å². The van der Waals surface area contributed by atoms with Crippen LogP contribution < -0.4 is 14.8 Å². The third-order valence-corrected chi connectivity index (χ3v) is 6.00. The summed E-state index contributed by atoms with van der Waals surface area (Å²) in [5, 5.41) is 3.91. The van der Waals surface area contributed by atoms with Gasteiger partial charge >= 0.3 is 0 Å². The summed E-state index contributed by atoms with van der Waals surface area (Å²) in [5.74, 6) is 1.06. The molecule has 3 aromatic carbocycles. The first-order valence-corrected chi connectivity index (χ1v) is 11.1. The van der Waals surface area contributed by atoms with E-state index in [4.69, 9.17) is 13.9 Å². The van der Waals surface area contributed by atoms with Crippen molar-refractivity contribution in [1.82, 2.24) is 0 Å². The zero-order chi connectivity index (χ0) is 24.4. The van der Waals surface area contributed by atoms with E-state index in [2.05, 4.69) is 36.5 Å². The van der Waals surface area contributed by atoms with Gasteiger partial charge in [0.1, 0.15) is 17.1 Å². The van der Waals surface area contributed by atoms with Crippen molar-refractivity contribution in [3.63, 3.8) is 0 Å². The molecule has 34 heavy (non-hydrogen) atoms. The lowest BCUT2D eigenvalue weighted by Gasteiger charge is -2.14. The fraction of sp³-hybridized carbons (Fsp3) is 0.207. The van der Waals surface area contributed by atoms with Crippen LogP contribution in [0.2, 0.25) is 0 Å². The van der Waals surface area contributed by atoms with Crippen LogP contribution in [-0.2, 0) is 4.79 Å². The first-order chi connectivity index (χ1) is 16.3. The summed E-state index contributed by atoms with van der Waals surface area (Å²) in [4.78, 5) is 12.9. The lowest BCUT2D eigenvalue weighted by Crippen LogP contribution is -2.10. The largest absolute Gasteiger partial charge is 0.496 e. The van der Waals surface area contributed by atoms with Crippen LogP contribution in [0.3, 0.4) is 0 Å². The summed E-state index contributed by atoms with van der Waals surface area (Å²) in [6.45, 7) is 7.91. The van der Waals surface area contributed by atoms with E-state index in [-0.39, 0.29) is 5.91 Å². The highest BCUT2D eigenvalue weighted by atomic mass is 16.5. The van der Waals surface area contributed by atoms with Gasteiger partial charge in [-0.05, 0) is 62.6 Å². The number of furan rings is 1. The SMILES string of the molecule is COc1ccc(C)cc1NC(=O)/C=C(\C)c1cc2c(-c3ccc(C)cc3)coc2c(C)c1OC. The normalized spacial score (nSPS) is 11.5. The number of amides is 1. The van der Waals surface area contributed by atoms with Gasteiger partial charge in [0.15, 0.2) is 0 Å². The van der Waals surface area contributed by atoms with Gasteiger partial charge in [-0.1, -0.05) is 35.9 Å². The second-order valence-electron chi connectivity index (χ2n) is 8.49. The third kappa shape index (κ3) is 4.42. The van der Waals surface area contributed by atoms with Gasteiger partial charge in [-0.3, -0.25) is 4.79 Å². The molecular weight excluding hydrogens is 426 g/mol. The first-order valence-electron chi connectivity index (χ1n) is 11.1. The number of rotatable bonds is 6. The lowest BCUT2D eigenvalue weighted by atomic mass is 9.96. The zero-order valence-corrected chi connectivity index (χ0v) is 20.4. The van der Waals surface area contributed by atoms with Gasteiger partial charge in [0.25, 0.3) is 0 Å². The average molecular weight is 456 g/mol. The van der Waals surface area contributed by atoms with Crippen LogP contribution >= 0.6 is 0 Å².